The molecule has 3 rings (SSSR count). The van der Waals surface area contributed by atoms with Crippen LogP contribution in [0.5, 0.6) is 0 Å². The lowest BCUT2D eigenvalue weighted by Crippen LogP contribution is -2.46. The largest absolute Gasteiger partial charge is 0.461 e. The molecule has 232 valence electrons. The minimum Gasteiger partial charge on any atom is -0.461 e. The van der Waals surface area contributed by atoms with E-state index < -0.39 is 20.2 Å². The molecule has 0 fully saturated rings. The highest BCUT2D eigenvalue weighted by Crippen LogP contribution is 2.44. The number of hydrogen-bond donors (Lipinski definition) is 2. The van der Waals surface area contributed by atoms with Crippen LogP contribution in [-0.2, 0) is 28.5 Å². The lowest BCUT2D eigenvalue weighted by molar-refractivity contribution is -0.142. The average molecular weight is 779 g/mol. The molecule has 12 heteroatoms. The number of hydrogen-bond acceptors (Lipinski definition) is 8. The predicted octanol–water partition coefficient (Wildman–Crippen LogP) is 5.71. The van der Waals surface area contributed by atoms with E-state index in [2.05, 4.69) is 82.7 Å². The van der Waals surface area contributed by atoms with Crippen molar-refractivity contribution in [2.75, 3.05) is 59.3 Å². The van der Waals surface area contributed by atoms with Crippen LogP contribution in [0.15, 0.2) is 48.5 Å². The fourth-order valence-electron chi connectivity index (χ4n) is 4.37. The van der Waals surface area contributed by atoms with Crippen molar-refractivity contribution in [2.45, 2.75) is 40.5 Å². The first-order chi connectivity index (χ1) is 19.9. The summed E-state index contributed by atoms with van der Waals surface area (Å²) >= 11 is 9.86. The summed E-state index contributed by atoms with van der Waals surface area (Å²) in [5, 5.41) is 5.88. The van der Waals surface area contributed by atoms with E-state index in [1.165, 1.54) is 0 Å². The topological polar surface area (TPSA) is 104 Å². The molecule has 0 unspecified atom stereocenters. The maximum Gasteiger partial charge on any atom is 0.407 e. The van der Waals surface area contributed by atoms with Crippen LogP contribution in [0.4, 0.5) is 4.79 Å². The summed E-state index contributed by atoms with van der Waals surface area (Å²) in [7, 11) is 0. The molecule has 0 heterocycles. The Balaban J connectivity index is 1.48. The third kappa shape index (κ3) is 12.6. The van der Waals surface area contributed by atoms with Crippen molar-refractivity contribution in [1.82, 2.24) is 10.6 Å². The van der Waals surface area contributed by atoms with Gasteiger partial charge in [0.25, 0.3) is 0 Å². The number of alkyl carbamates (subject to hydrolysis) is 1. The summed E-state index contributed by atoms with van der Waals surface area (Å²) in [6, 6.07) is 15.9. The van der Waals surface area contributed by atoms with E-state index in [4.69, 9.17) is 23.7 Å². The number of carbonyl (C=O) groups is 2. The monoisotopic (exact) mass is 776 g/mol. The standard InChI is InChI=1S/C30H39Br3N2O7/c1-29(2,3)42-15-14-38-12-13-39-18-21(16-34-17-27(36)41-20-30(31,32)33)35-28(37)40-19-26-24-10-6-4-8-22(24)23-9-5-7-11-25(23)26/h4-11,21,26,34H,12-20H2,1-3H3,(H,35,37)/t21-/m0/s1. The number of ether oxygens (including phenoxy) is 5. The van der Waals surface area contributed by atoms with Crippen molar-refractivity contribution in [3.05, 3.63) is 59.7 Å². The second kappa shape index (κ2) is 17.1. The molecule has 0 radical (unpaired) electrons. The summed E-state index contributed by atoms with van der Waals surface area (Å²) in [6.45, 7) is 8.36. The van der Waals surface area contributed by atoms with Gasteiger partial charge in [-0.05, 0) is 43.0 Å². The van der Waals surface area contributed by atoms with E-state index in [-0.39, 0.29) is 44.4 Å². The first kappa shape index (κ1) is 34.9. The number of esters is 1. The zero-order chi connectivity index (χ0) is 30.6. The molecule has 9 nitrogen and oxygen atoms in total. The van der Waals surface area contributed by atoms with Gasteiger partial charge in [0, 0.05) is 12.5 Å². The molecule has 42 heavy (non-hydrogen) atoms. The molecule has 0 aliphatic heterocycles. The number of nitrogens with one attached hydrogen (secondary N) is 2. The number of rotatable bonds is 16. The molecule has 0 aromatic heterocycles. The second-order valence-corrected chi connectivity index (χ2v) is 18.0. The molecular weight excluding hydrogens is 740 g/mol. The van der Waals surface area contributed by atoms with Crippen LogP contribution in [-0.4, -0.2) is 85.2 Å². The van der Waals surface area contributed by atoms with E-state index in [1.807, 2.05) is 45.0 Å². The molecular formula is C30H39Br3N2O7. The number of alkyl halides is 3. The van der Waals surface area contributed by atoms with E-state index in [1.54, 1.807) is 0 Å². The van der Waals surface area contributed by atoms with Gasteiger partial charge >= 0.3 is 12.1 Å². The first-order valence-electron chi connectivity index (χ1n) is 13.8. The minimum absolute atomic E-state index is 0.0389. The molecule has 1 amide bonds. The Hall–Kier alpha value is -1.54. The Morgan fingerprint density at radius 1 is 0.857 bits per heavy atom. The van der Waals surface area contributed by atoms with Crippen molar-refractivity contribution in [1.29, 1.82) is 0 Å². The van der Waals surface area contributed by atoms with Gasteiger partial charge in [-0.25, -0.2) is 4.79 Å². The van der Waals surface area contributed by atoms with Gasteiger partial charge in [-0.15, -0.1) is 0 Å². The molecule has 0 spiro atoms. The molecule has 0 bridgehead atoms. The number of benzene rings is 2. The molecule has 1 atom stereocenters. The normalized spacial score (nSPS) is 13.8. The Labute approximate surface area is 273 Å². The van der Waals surface area contributed by atoms with Gasteiger partial charge in [0.05, 0.1) is 51.2 Å². The van der Waals surface area contributed by atoms with Crippen LogP contribution in [0, 0.1) is 0 Å². The molecule has 2 aromatic rings. The fourth-order valence-corrected chi connectivity index (χ4v) is 4.72. The molecule has 1 aliphatic rings. The average Bonchev–Trinajstić information content (AvgIpc) is 3.24. The summed E-state index contributed by atoms with van der Waals surface area (Å²) in [6.07, 6.45) is -0.562. The Bertz CT molecular complexity index is 1110. The van der Waals surface area contributed by atoms with Crippen LogP contribution in [0.2, 0.25) is 0 Å². The highest BCUT2D eigenvalue weighted by atomic mass is 80.0. The number of halogens is 3. The summed E-state index contributed by atoms with van der Waals surface area (Å²) in [5.41, 5.74) is 4.39. The smallest absolute Gasteiger partial charge is 0.407 e. The van der Waals surface area contributed by atoms with E-state index in [9.17, 15) is 9.59 Å². The van der Waals surface area contributed by atoms with Crippen molar-refractivity contribution in [3.8, 4) is 11.1 Å². The minimum atomic E-state index is -0.675. The highest BCUT2D eigenvalue weighted by Gasteiger charge is 2.29. The highest BCUT2D eigenvalue weighted by molar-refractivity contribution is 9.39. The third-order valence-corrected chi connectivity index (χ3v) is 6.86. The van der Waals surface area contributed by atoms with Gasteiger partial charge in [-0.1, -0.05) is 96.3 Å². The van der Waals surface area contributed by atoms with Crippen LogP contribution in [0.3, 0.4) is 0 Å². The van der Waals surface area contributed by atoms with Gasteiger partial charge in [-0.2, -0.15) is 0 Å². The summed E-state index contributed by atoms with van der Waals surface area (Å²) in [5.74, 6) is -0.486. The Morgan fingerprint density at radius 2 is 1.45 bits per heavy atom. The van der Waals surface area contributed by atoms with Gasteiger partial charge in [-0.3, -0.25) is 4.79 Å². The van der Waals surface area contributed by atoms with Crippen molar-refractivity contribution >= 4 is 59.9 Å². The zero-order valence-electron chi connectivity index (χ0n) is 24.1. The van der Waals surface area contributed by atoms with Gasteiger partial charge in [0.2, 0.25) is 0 Å². The maximum absolute atomic E-state index is 12.9. The molecule has 0 saturated carbocycles. The lowest BCUT2D eigenvalue weighted by atomic mass is 9.98. The van der Waals surface area contributed by atoms with Crippen molar-refractivity contribution in [2.24, 2.45) is 0 Å². The Kier molecular flexibility index (Phi) is 14.2. The van der Waals surface area contributed by atoms with E-state index >= 15 is 0 Å². The number of carbonyl (C=O) groups excluding carboxylic acids is 2. The quantitative estimate of drug-likeness (QED) is 0.127. The number of fused-ring (bicyclic) bond motifs is 3. The fraction of sp³-hybridized carbons (Fsp3) is 0.533. The predicted molar refractivity (Wildman–Crippen MR) is 173 cm³/mol. The van der Waals surface area contributed by atoms with Gasteiger partial charge in [0.1, 0.15) is 13.2 Å². The van der Waals surface area contributed by atoms with Crippen LogP contribution >= 0.6 is 47.8 Å². The van der Waals surface area contributed by atoms with Crippen LogP contribution < -0.4 is 10.6 Å². The maximum atomic E-state index is 12.9. The van der Waals surface area contributed by atoms with E-state index in [0.717, 1.165) is 22.3 Å². The number of amides is 1. The van der Waals surface area contributed by atoms with Gasteiger partial charge < -0.3 is 34.3 Å². The molecule has 2 aromatic carbocycles. The van der Waals surface area contributed by atoms with Crippen LogP contribution in [0.1, 0.15) is 37.8 Å². The first-order valence-corrected chi connectivity index (χ1v) is 16.1. The van der Waals surface area contributed by atoms with Crippen molar-refractivity contribution < 1.29 is 33.3 Å². The molecule has 1 aliphatic carbocycles. The van der Waals surface area contributed by atoms with E-state index in [0.29, 0.717) is 26.4 Å². The summed E-state index contributed by atoms with van der Waals surface area (Å²) < 4.78 is 27.1. The SMILES string of the molecule is CC(C)(C)OCCOCCOC[C@H](CNCC(=O)OCC(Br)(Br)Br)NC(=O)OCC1c2ccccc2-c2ccccc21. The van der Waals surface area contributed by atoms with Crippen molar-refractivity contribution in [3.63, 3.8) is 0 Å². The van der Waals surface area contributed by atoms with Crippen LogP contribution in [0.25, 0.3) is 11.1 Å². The summed E-state index contributed by atoms with van der Waals surface area (Å²) in [4.78, 5) is 24.9. The molecule has 0 saturated heterocycles. The molecule has 2 N–H and O–H groups in total. The Morgan fingerprint density at radius 3 is 2.07 bits per heavy atom. The third-order valence-electron chi connectivity index (χ3n) is 6.18. The second-order valence-electron chi connectivity index (χ2n) is 10.7. The van der Waals surface area contributed by atoms with Gasteiger partial charge in [0.15, 0.2) is 2.14 Å². The lowest BCUT2D eigenvalue weighted by Gasteiger charge is -2.21. The zero-order valence-corrected chi connectivity index (χ0v) is 28.9.